The van der Waals surface area contributed by atoms with Crippen molar-refractivity contribution in [1.29, 1.82) is 0 Å². The molecular weight excluding hydrogens is 416 g/mol. The maximum atomic E-state index is 12.4. The molecule has 0 radical (unpaired) electrons. The topological polar surface area (TPSA) is 82.6 Å². The number of amides is 1. The summed E-state index contributed by atoms with van der Waals surface area (Å²) in [6.45, 7) is 6.02. The first kappa shape index (κ1) is 24.3. The molecule has 1 amide bonds. The molecule has 174 valence electrons. The minimum absolute atomic E-state index is 0.106. The summed E-state index contributed by atoms with van der Waals surface area (Å²) < 4.78 is 5.52. The Morgan fingerprint density at radius 2 is 1.58 bits per heavy atom. The number of pyridine rings is 1. The largest absolute Gasteiger partial charge is 0.446 e. The first-order chi connectivity index (χ1) is 15.7. The molecule has 6 nitrogen and oxygen atoms in total. The van der Waals surface area contributed by atoms with Gasteiger partial charge in [-0.2, -0.15) is 0 Å². The highest BCUT2D eigenvalue weighted by Gasteiger charge is 2.33. The Hall–Kier alpha value is -3.38. The SMILES string of the molecule is CC(c1ccc(-c2ccc(=O)[nH]c2)cc1)N1CC[C@@H](CC(C)(C)O)OC1=O.c1ccccc1. The first-order valence-electron chi connectivity index (χ1n) is 11.2. The van der Waals surface area contributed by atoms with Crippen molar-refractivity contribution in [2.24, 2.45) is 0 Å². The van der Waals surface area contributed by atoms with Crippen LogP contribution in [-0.4, -0.2) is 39.3 Å². The van der Waals surface area contributed by atoms with Crippen molar-refractivity contribution in [3.05, 3.63) is 94.9 Å². The number of aromatic amines is 1. The molecule has 3 aromatic rings. The third-order valence-corrected chi connectivity index (χ3v) is 5.57. The number of rotatable bonds is 5. The minimum atomic E-state index is -0.851. The van der Waals surface area contributed by atoms with Crippen molar-refractivity contribution >= 4 is 6.09 Å². The second kappa shape index (κ2) is 11.0. The van der Waals surface area contributed by atoms with Gasteiger partial charge >= 0.3 is 6.09 Å². The van der Waals surface area contributed by atoms with Crippen LogP contribution in [0.3, 0.4) is 0 Å². The Balaban J connectivity index is 0.000000442. The number of carbonyl (C=O) groups is 1. The van der Waals surface area contributed by atoms with Gasteiger partial charge in [0, 0.05) is 31.6 Å². The smallest absolute Gasteiger partial charge is 0.410 e. The lowest BCUT2D eigenvalue weighted by Gasteiger charge is -2.37. The average Bonchev–Trinajstić information content (AvgIpc) is 2.80. The van der Waals surface area contributed by atoms with Gasteiger partial charge in [-0.05, 0) is 43.5 Å². The van der Waals surface area contributed by atoms with Crippen molar-refractivity contribution in [1.82, 2.24) is 9.88 Å². The lowest BCUT2D eigenvalue weighted by atomic mass is 9.97. The van der Waals surface area contributed by atoms with Crippen molar-refractivity contribution in [2.75, 3.05) is 6.54 Å². The Morgan fingerprint density at radius 3 is 2.06 bits per heavy atom. The summed E-state index contributed by atoms with van der Waals surface area (Å²) in [5.74, 6) is 0. The van der Waals surface area contributed by atoms with Crippen LogP contribution in [0.2, 0.25) is 0 Å². The fourth-order valence-electron chi connectivity index (χ4n) is 3.81. The minimum Gasteiger partial charge on any atom is -0.446 e. The van der Waals surface area contributed by atoms with E-state index in [-0.39, 0.29) is 23.8 Å². The number of hydrogen-bond acceptors (Lipinski definition) is 4. The monoisotopic (exact) mass is 448 g/mol. The van der Waals surface area contributed by atoms with E-state index in [0.29, 0.717) is 19.4 Å². The molecule has 2 N–H and O–H groups in total. The van der Waals surface area contributed by atoms with Crippen LogP contribution in [-0.2, 0) is 4.74 Å². The summed E-state index contributed by atoms with van der Waals surface area (Å²) in [5.41, 5.74) is 1.96. The van der Waals surface area contributed by atoms with Crippen LogP contribution >= 0.6 is 0 Å². The average molecular weight is 449 g/mol. The predicted octanol–water partition coefficient (Wildman–Crippen LogP) is 5.16. The van der Waals surface area contributed by atoms with Crippen LogP contribution in [0.15, 0.2) is 83.8 Å². The molecule has 4 rings (SSSR count). The first-order valence-corrected chi connectivity index (χ1v) is 11.2. The van der Waals surface area contributed by atoms with E-state index in [1.807, 2.05) is 67.6 Å². The van der Waals surface area contributed by atoms with Gasteiger partial charge in [-0.3, -0.25) is 4.79 Å². The van der Waals surface area contributed by atoms with Gasteiger partial charge in [0.1, 0.15) is 6.10 Å². The van der Waals surface area contributed by atoms with Crippen LogP contribution in [0.25, 0.3) is 11.1 Å². The molecule has 33 heavy (non-hydrogen) atoms. The number of hydrogen-bond donors (Lipinski definition) is 2. The molecule has 1 aliphatic heterocycles. The van der Waals surface area contributed by atoms with E-state index in [4.69, 9.17) is 4.74 Å². The van der Waals surface area contributed by atoms with Crippen LogP contribution in [0.5, 0.6) is 0 Å². The van der Waals surface area contributed by atoms with Crippen molar-refractivity contribution in [3.63, 3.8) is 0 Å². The van der Waals surface area contributed by atoms with E-state index in [9.17, 15) is 14.7 Å². The summed E-state index contributed by atoms with van der Waals surface area (Å²) in [6, 6.07) is 23.1. The Kier molecular flexibility index (Phi) is 8.06. The zero-order valence-corrected chi connectivity index (χ0v) is 19.4. The number of nitrogens with one attached hydrogen (secondary N) is 1. The molecule has 2 heterocycles. The van der Waals surface area contributed by atoms with Crippen molar-refractivity contribution < 1.29 is 14.6 Å². The number of nitrogens with zero attached hydrogens (tertiary/aromatic N) is 1. The van der Waals surface area contributed by atoms with Gasteiger partial charge in [-0.25, -0.2) is 4.79 Å². The van der Waals surface area contributed by atoms with Gasteiger partial charge in [0.05, 0.1) is 11.6 Å². The zero-order chi connectivity index (χ0) is 23.8. The highest BCUT2D eigenvalue weighted by molar-refractivity contribution is 5.69. The fourth-order valence-corrected chi connectivity index (χ4v) is 3.81. The molecule has 1 saturated heterocycles. The molecule has 0 bridgehead atoms. The molecule has 0 saturated carbocycles. The Bertz CT molecular complexity index is 1020. The molecule has 0 spiro atoms. The number of H-pyrrole nitrogens is 1. The number of aromatic nitrogens is 1. The number of ether oxygens (including phenoxy) is 1. The number of aliphatic hydroxyl groups is 1. The van der Waals surface area contributed by atoms with Gasteiger partial charge < -0.3 is 19.7 Å². The number of cyclic esters (lactones) is 1. The van der Waals surface area contributed by atoms with E-state index < -0.39 is 5.60 Å². The summed E-state index contributed by atoms with van der Waals surface area (Å²) in [7, 11) is 0. The lowest BCUT2D eigenvalue weighted by molar-refractivity contribution is -0.0309. The van der Waals surface area contributed by atoms with E-state index in [0.717, 1.165) is 16.7 Å². The summed E-state index contributed by atoms with van der Waals surface area (Å²) in [4.78, 5) is 28.0. The fraction of sp³-hybridized carbons (Fsp3) is 0.333. The van der Waals surface area contributed by atoms with Crippen LogP contribution < -0.4 is 5.56 Å². The molecule has 0 aliphatic carbocycles. The third kappa shape index (κ3) is 7.32. The summed E-state index contributed by atoms with van der Waals surface area (Å²) in [6.07, 6.45) is 2.24. The zero-order valence-electron chi connectivity index (χ0n) is 19.4. The second-order valence-electron chi connectivity index (χ2n) is 8.90. The quantitative estimate of drug-likeness (QED) is 0.565. The van der Waals surface area contributed by atoms with Gasteiger partial charge in [0.15, 0.2) is 0 Å². The highest BCUT2D eigenvalue weighted by Crippen LogP contribution is 2.29. The number of carbonyl (C=O) groups excluding carboxylic acids is 1. The maximum Gasteiger partial charge on any atom is 0.410 e. The highest BCUT2D eigenvalue weighted by atomic mass is 16.6. The second-order valence-corrected chi connectivity index (χ2v) is 8.90. The van der Waals surface area contributed by atoms with E-state index in [1.54, 1.807) is 31.0 Å². The summed E-state index contributed by atoms with van der Waals surface area (Å²) in [5, 5.41) is 9.92. The standard InChI is InChI=1S/C21H26N2O4.C6H6/c1-14(23-11-10-18(27-20(23)25)12-21(2,3)26)15-4-6-16(7-5-15)17-8-9-19(24)22-13-17;1-2-4-6-5-3-1/h4-9,13-14,18,26H,10-12H2,1-3H3,(H,22,24);1-6H/t14?,18-;/m0./s1. The van der Waals surface area contributed by atoms with Gasteiger partial charge in [-0.15, -0.1) is 0 Å². The predicted molar refractivity (Wildman–Crippen MR) is 130 cm³/mol. The lowest BCUT2D eigenvalue weighted by Crippen LogP contribution is -2.45. The Morgan fingerprint density at radius 1 is 1.00 bits per heavy atom. The van der Waals surface area contributed by atoms with Gasteiger partial charge in [0.2, 0.25) is 5.56 Å². The normalized spacial score (nSPS) is 16.9. The molecule has 6 heteroatoms. The third-order valence-electron chi connectivity index (χ3n) is 5.57. The molecule has 1 aromatic heterocycles. The number of benzene rings is 2. The van der Waals surface area contributed by atoms with Crippen molar-refractivity contribution in [3.8, 4) is 11.1 Å². The maximum absolute atomic E-state index is 12.4. The molecular formula is C27H32N2O4. The molecule has 1 fully saturated rings. The van der Waals surface area contributed by atoms with E-state index in [1.165, 1.54) is 6.07 Å². The van der Waals surface area contributed by atoms with E-state index >= 15 is 0 Å². The van der Waals surface area contributed by atoms with Gasteiger partial charge in [0.25, 0.3) is 0 Å². The summed E-state index contributed by atoms with van der Waals surface area (Å²) >= 11 is 0. The van der Waals surface area contributed by atoms with E-state index in [2.05, 4.69) is 4.98 Å². The molecule has 1 unspecified atom stereocenters. The van der Waals surface area contributed by atoms with Crippen LogP contribution in [0.4, 0.5) is 4.79 Å². The molecule has 2 aromatic carbocycles. The molecule has 2 atom stereocenters. The Labute approximate surface area is 194 Å². The molecule has 1 aliphatic rings. The van der Waals surface area contributed by atoms with Gasteiger partial charge in [-0.1, -0.05) is 60.7 Å². The van der Waals surface area contributed by atoms with Crippen LogP contribution in [0.1, 0.15) is 45.2 Å². The van der Waals surface area contributed by atoms with Crippen LogP contribution in [0, 0.1) is 0 Å². The van der Waals surface area contributed by atoms with Crippen molar-refractivity contribution in [2.45, 2.75) is 51.4 Å².